The zero-order chi connectivity index (χ0) is 13.8. The molecule has 0 amide bonds. The standard InChI is InChI=1S/C12H18N4O3/c1-8-10(16(17)18)11(15-12(13)14-8)19-7-9-5-3-2-4-6-9/h9H,2-7H2,1H3,(H2,13,14,15). The summed E-state index contributed by atoms with van der Waals surface area (Å²) in [6.07, 6.45) is 5.86. The molecule has 1 aliphatic carbocycles. The highest BCUT2D eigenvalue weighted by atomic mass is 16.6. The summed E-state index contributed by atoms with van der Waals surface area (Å²) < 4.78 is 5.53. The van der Waals surface area contributed by atoms with Gasteiger partial charge in [0.15, 0.2) is 0 Å². The molecule has 7 heteroatoms. The number of ether oxygens (including phenoxy) is 1. The molecular formula is C12H18N4O3. The van der Waals surface area contributed by atoms with Crippen molar-refractivity contribution in [3.8, 4) is 5.88 Å². The summed E-state index contributed by atoms with van der Waals surface area (Å²) >= 11 is 0. The predicted molar refractivity (Wildman–Crippen MR) is 69.9 cm³/mol. The number of rotatable bonds is 4. The quantitative estimate of drug-likeness (QED) is 0.662. The van der Waals surface area contributed by atoms with Gasteiger partial charge in [0.25, 0.3) is 5.88 Å². The molecule has 1 fully saturated rings. The first kappa shape index (κ1) is 13.5. The molecule has 104 valence electrons. The minimum atomic E-state index is -0.523. The Bertz CT molecular complexity index is 472. The van der Waals surface area contributed by atoms with Gasteiger partial charge in [0.2, 0.25) is 5.95 Å². The van der Waals surface area contributed by atoms with E-state index in [0.717, 1.165) is 12.8 Å². The molecule has 0 radical (unpaired) electrons. The summed E-state index contributed by atoms with van der Waals surface area (Å²) in [6.45, 7) is 1.99. The highest BCUT2D eigenvalue weighted by molar-refractivity contribution is 5.47. The van der Waals surface area contributed by atoms with Gasteiger partial charge < -0.3 is 10.5 Å². The molecule has 0 unspecified atom stereocenters. The lowest BCUT2D eigenvalue weighted by molar-refractivity contribution is -0.387. The number of nitrogens with two attached hydrogens (primary N) is 1. The lowest BCUT2D eigenvalue weighted by Gasteiger charge is -2.21. The van der Waals surface area contributed by atoms with Crippen molar-refractivity contribution in [3.63, 3.8) is 0 Å². The Morgan fingerprint density at radius 2 is 2.05 bits per heavy atom. The van der Waals surface area contributed by atoms with Gasteiger partial charge in [-0.2, -0.15) is 4.98 Å². The molecule has 0 bridgehead atoms. The average molecular weight is 266 g/mol. The van der Waals surface area contributed by atoms with Gasteiger partial charge in [0.05, 0.1) is 11.5 Å². The number of nitrogens with zero attached hydrogens (tertiary/aromatic N) is 3. The van der Waals surface area contributed by atoms with Crippen LogP contribution in [-0.4, -0.2) is 21.5 Å². The maximum Gasteiger partial charge on any atom is 0.352 e. The van der Waals surface area contributed by atoms with Crippen molar-refractivity contribution in [1.29, 1.82) is 0 Å². The second kappa shape index (κ2) is 5.81. The minimum absolute atomic E-state index is 0.00161. The Morgan fingerprint density at radius 1 is 1.37 bits per heavy atom. The average Bonchev–Trinajstić information content (AvgIpc) is 2.36. The summed E-state index contributed by atoms with van der Waals surface area (Å²) in [5, 5.41) is 11.0. The molecule has 0 spiro atoms. The van der Waals surface area contributed by atoms with Crippen molar-refractivity contribution in [1.82, 2.24) is 9.97 Å². The molecule has 2 N–H and O–H groups in total. The van der Waals surface area contributed by atoms with E-state index in [4.69, 9.17) is 10.5 Å². The van der Waals surface area contributed by atoms with Crippen molar-refractivity contribution in [3.05, 3.63) is 15.8 Å². The molecule has 7 nitrogen and oxygen atoms in total. The summed E-state index contributed by atoms with van der Waals surface area (Å²) in [7, 11) is 0. The molecule has 0 saturated heterocycles. The van der Waals surface area contributed by atoms with Crippen LogP contribution in [0.1, 0.15) is 37.8 Å². The number of hydrogen-bond donors (Lipinski definition) is 1. The van der Waals surface area contributed by atoms with Crippen LogP contribution in [0.3, 0.4) is 0 Å². The van der Waals surface area contributed by atoms with Gasteiger partial charge in [-0.15, -0.1) is 0 Å². The summed E-state index contributed by atoms with van der Waals surface area (Å²) in [5.41, 5.74) is 5.56. The van der Waals surface area contributed by atoms with Gasteiger partial charge in [-0.3, -0.25) is 10.1 Å². The number of aryl methyl sites for hydroxylation is 1. The van der Waals surface area contributed by atoms with Gasteiger partial charge in [0, 0.05) is 0 Å². The van der Waals surface area contributed by atoms with Crippen LogP contribution >= 0.6 is 0 Å². The SMILES string of the molecule is Cc1nc(N)nc(OCC2CCCCC2)c1[N+](=O)[O-]. The van der Waals surface area contributed by atoms with Crippen LogP contribution in [0.25, 0.3) is 0 Å². The minimum Gasteiger partial charge on any atom is -0.472 e. The van der Waals surface area contributed by atoms with Crippen LogP contribution in [-0.2, 0) is 0 Å². The number of nitro groups is 1. The van der Waals surface area contributed by atoms with Crippen molar-refractivity contribution in [2.24, 2.45) is 5.92 Å². The van der Waals surface area contributed by atoms with Gasteiger partial charge in [-0.05, 0) is 25.7 Å². The van der Waals surface area contributed by atoms with Crippen molar-refractivity contribution in [2.75, 3.05) is 12.3 Å². The fourth-order valence-electron chi connectivity index (χ4n) is 2.42. The Morgan fingerprint density at radius 3 is 2.68 bits per heavy atom. The predicted octanol–water partition coefficient (Wildman–Crippen LogP) is 2.23. The molecule has 1 heterocycles. The summed E-state index contributed by atoms with van der Waals surface area (Å²) in [5.74, 6) is 0.437. The highest BCUT2D eigenvalue weighted by Gasteiger charge is 2.24. The maximum absolute atomic E-state index is 11.0. The van der Waals surface area contributed by atoms with E-state index in [1.54, 1.807) is 0 Å². The van der Waals surface area contributed by atoms with Crippen LogP contribution in [0.15, 0.2) is 0 Å². The topological polar surface area (TPSA) is 104 Å². The lowest BCUT2D eigenvalue weighted by atomic mass is 9.90. The van der Waals surface area contributed by atoms with E-state index < -0.39 is 4.92 Å². The fourth-order valence-corrected chi connectivity index (χ4v) is 2.42. The lowest BCUT2D eigenvalue weighted by Crippen LogP contribution is -2.17. The zero-order valence-electron chi connectivity index (χ0n) is 11.0. The van der Waals surface area contributed by atoms with E-state index >= 15 is 0 Å². The molecule has 1 aromatic rings. The maximum atomic E-state index is 11.0. The normalized spacial score (nSPS) is 16.3. The smallest absolute Gasteiger partial charge is 0.352 e. The van der Waals surface area contributed by atoms with Crippen molar-refractivity contribution in [2.45, 2.75) is 39.0 Å². The number of aromatic nitrogens is 2. The molecule has 0 atom stereocenters. The van der Waals surface area contributed by atoms with E-state index in [0.29, 0.717) is 12.5 Å². The monoisotopic (exact) mass is 266 g/mol. The number of nitrogen functional groups attached to an aromatic ring is 1. The first-order valence-electron chi connectivity index (χ1n) is 6.49. The van der Waals surface area contributed by atoms with E-state index in [1.165, 1.54) is 26.2 Å². The van der Waals surface area contributed by atoms with Crippen LogP contribution in [0.5, 0.6) is 5.88 Å². The summed E-state index contributed by atoms with van der Waals surface area (Å²) in [6, 6.07) is 0. The highest BCUT2D eigenvalue weighted by Crippen LogP contribution is 2.30. The second-order valence-corrected chi connectivity index (χ2v) is 4.89. The van der Waals surface area contributed by atoms with E-state index in [1.807, 2.05) is 0 Å². The van der Waals surface area contributed by atoms with Gasteiger partial charge in [0.1, 0.15) is 5.69 Å². The molecule has 0 aromatic carbocycles. The zero-order valence-corrected chi connectivity index (χ0v) is 11.0. The molecular weight excluding hydrogens is 248 g/mol. The van der Waals surface area contributed by atoms with Crippen LogP contribution < -0.4 is 10.5 Å². The van der Waals surface area contributed by atoms with Gasteiger partial charge in [-0.1, -0.05) is 19.3 Å². The Balaban J connectivity index is 2.12. The third kappa shape index (κ3) is 3.30. The van der Waals surface area contributed by atoms with E-state index in [9.17, 15) is 10.1 Å². The van der Waals surface area contributed by atoms with E-state index in [-0.39, 0.29) is 23.2 Å². The van der Waals surface area contributed by atoms with Crippen molar-refractivity contribution < 1.29 is 9.66 Å². The third-order valence-electron chi connectivity index (χ3n) is 3.41. The molecule has 2 rings (SSSR count). The first-order chi connectivity index (χ1) is 9.08. The Labute approximate surface area is 111 Å². The fraction of sp³-hybridized carbons (Fsp3) is 0.667. The molecule has 1 saturated carbocycles. The second-order valence-electron chi connectivity index (χ2n) is 4.89. The number of hydrogen-bond acceptors (Lipinski definition) is 6. The Hall–Kier alpha value is -1.92. The molecule has 1 aliphatic rings. The molecule has 0 aliphatic heterocycles. The molecule has 19 heavy (non-hydrogen) atoms. The van der Waals surface area contributed by atoms with Crippen LogP contribution in [0.2, 0.25) is 0 Å². The van der Waals surface area contributed by atoms with Crippen molar-refractivity contribution >= 4 is 11.6 Å². The van der Waals surface area contributed by atoms with Crippen LogP contribution in [0.4, 0.5) is 11.6 Å². The van der Waals surface area contributed by atoms with Gasteiger partial charge >= 0.3 is 5.69 Å². The first-order valence-corrected chi connectivity index (χ1v) is 6.49. The molecule has 1 aromatic heterocycles. The van der Waals surface area contributed by atoms with E-state index in [2.05, 4.69) is 9.97 Å². The third-order valence-corrected chi connectivity index (χ3v) is 3.41. The summed E-state index contributed by atoms with van der Waals surface area (Å²) in [4.78, 5) is 18.1. The largest absolute Gasteiger partial charge is 0.472 e. The van der Waals surface area contributed by atoms with Crippen LogP contribution in [0, 0.1) is 23.0 Å². The number of anilines is 1. The Kier molecular flexibility index (Phi) is 4.13. The van der Waals surface area contributed by atoms with Gasteiger partial charge in [-0.25, -0.2) is 4.98 Å².